The Hall–Kier alpha value is -2.38. The predicted octanol–water partition coefficient (Wildman–Crippen LogP) is 4.69. The maximum Gasteiger partial charge on any atom is 0.328 e. The van der Waals surface area contributed by atoms with E-state index in [0.717, 1.165) is 11.6 Å². The summed E-state index contributed by atoms with van der Waals surface area (Å²) in [5.41, 5.74) is 1.36. The third kappa shape index (κ3) is 4.81. The molecule has 124 valence electrons. The van der Waals surface area contributed by atoms with E-state index in [0.29, 0.717) is 20.8 Å². The van der Waals surface area contributed by atoms with E-state index in [1.165, 1.54) is 18.2 Å². The number of aliphatic carboxylic acids is 1. The van der Waals surface area contributed by atoms with Gasteiger partial charge in [-0.15, -0.1) is 0 Å². The highest BCUT2D eigenvalue weighted by Crippen LogP contribution is 2.35. The van der Waals surface area contributed by atoms with Gasteiger partial charge in [0.1, 0.15) is 6.61 Å². The Balaban J connectivity index is 2.12. The van der Waals surface area contributed by atoms with Crippen molar-refractivity contribution in [2.45, 2.75) is 6.61 Å². The molecule has 0 saturated carbocycles. The van der Waals surface area contributed by atoms with Gasteiger partial charge in [-0.1, -0.05) is 11.6 Å². The van der Waals surface area contributed by atoms with Gasteiger partial charge < -0.3 is 9.84 Å². The SMILES string of the molecule is O=C(O)/C=C/c1cc(Cl)c(OCc2ccc([N+](=O)[O-])cc2)c(Br)c1. The van der Waals surface area contributed by atoms with Crippen LogP contribution in [0.15, 0.2) is 46.9 Å². The zero-order chi connectivity index (χ0) is 17.7. The standard InChI is InChI=1S/C16H11BrClNO5/c17-13-7-11(3-6-15(20)21)8-14(18)16(13)24-9-10-1-4-12(5-2-10)19(22)23/h1-8H,9H2,(H,20,21)/b6-3+. The number of non-ortho nitro benzene ring substituents is 1. The number of carboxylic acid groups (broad SMARTS) is 1. The number of rotatable bonds is 6. The van der Waals surface area contributed by atoms with Crippen LogP contribution in [0, 0.1) is 10.1 Å². The van der Waals surface area contributed by atoms with Gasteiger partial charge in [0.2, 0.25) is 0 Å². The van der Waals surface area contributed by atoms with E-state index in [1.807, 2.05) is 0 Å². The highest BCUT2D eigenvalue weighted by Gasteiger charge is 2.10. The van der Waals surface area contributed by atoms with Crippen LogP contribution in [-0.4, -0.2) is 16.0 Å². The van der Waals surface area contributed by atoms with Gasteiger partial charge in [-0.05, 0) is 57.4 Å². The number of halogens is 2. The second-order valence-corrected chi connectivity index (χ2v) is 5.96. The summed E-state index contributed by atoms with van der Waals surface area (Å²) < 4.78 is 6.22. The molecule has 2 aromatic carbocycles. The lowest BCUT2D eigenvalue weighted by Crippen LogP contribution is -1.98. The number of hydrogen-bond donors (Lipinski definition) is 1. The van der Waals surface area contributed by atoms with Gasteiger partial charge >= 0.3 is 5.97 Å². The molecule has 0 amide bonds. The fourth-order valence-corrected chi connectivity index (χ4v) is 2.84. The number of carboxylic acids is 1. The molecule has 0 atom stereocenters. The summed E-state index contributed by atoms with van der Waals surface area (Å²) in [5.74, 6) is -0.650. The summed E-state index contributed by atoms with van der Waals surface area (Å²) in [5, 5.41) is 19.6. The molecule has 0 fully saturated rings. The number of benzene rings is 2. The molecule has 0 heterocycles. The van der Waals surface area contributed by atoms with Crippen LogP contribution >= 0.6 is 27.5 Å². The van der Waals surface area contributed by atoms with Gasteiger partial charge in [-0.2, -0.15) is 0 Å². The third-order valence-corrected chi connectivity index (χ3v) is 3.84. The van der Waals surface area contributed by atoms with E-state index in [1.54, 1.807) is 24.3 Å². The molecule has 0 bridgehead atoms. The average molecular weight is 413 g/mol. The molecule has 1 N–H and O–H groups in total. The Labute approximate surface area is 150 Å². The van der Waals surface area contributed by atoms with Crippen LogP contribution in [0.2, 0.25) is 5.02 Å². The van der Waals surface area contributed by atoms with Crippen molar-refractivity contribution in [3.05, 3.63) is 73.2 Å². The molecule has 0 spiro atoms. The maximum atomic E-state index is 10.6. The molecule has 0 radical (unpaired) electrons. The first-order chi connectivity index (χ1) is 11.4. The lowest BCUT2D eigenvalue weighted by atomic mass is 10.2. The van der Waals surface area contributed by atoms with Crippen LogP contribution < -0.4 is 4.74 Å². The van der Waals surface area contributed by atoms with Crippen LogP contribution in [0.5, 0.6) is 5.75 Å². The Morgan fingerprint density at radius 1 is 1.33 bits per heavy atom. The molecule has 2 rings (SSSR count). The van der Waals surface area contributed by atoms with Crippen molar-refractivity contribution in [3.8, 4) is 5.75 Å². The van der Waals surface area contributed by atoms with E-state index in [9.17, 15) is 14.9 Å². The molecule has 0 aliphatic rings. The normalized spacial score (nSPS) is 10.8. The predicted molar refractivity (Wildman–Crippen MR) is 93.3 cm³/mol. The Kier molecular flexibility index (Phi) is 5.94. The number of nitro groups is 1. The second kappa shape index (κ2) is 7.94. The van der Waals surface area contributed by atoms with E-state index in [2.05, 4.69) is 15.9 Å². The highest BCUT2D eigenvalue weighted by atomic mass is 79.9. The molecule has 0 saturated heterocycles. The monoisotopic (exact) mass is 411 g/mol. The minimum atomic E-state index is -1.05. The topological polar surface area (TPSA) is 89.7 Å². The van der Waals surface area contributed by atoms with E-state index in [-0.39, 0.29) is 12.3 Å². The molecule has 0 aromatic heterocycles. The molecule has 24 heavy (non-hydrogen) atoms. The zero-order valence-electron chi connectivity index (χ0n) is 12.1. The Morgan fingerprint density at radius 2 is 2.00 bits per heavy atom. The minimum Gasteiger partial charge on any atom is -0.486 e. The minimum absolute atomic E-state index is 0.00698. The van der Waals surface area contributed by atoms with Crippen molar-refractivity contribution >= 4 is 45.3 Å². The van der Waals surface area contributed by atoms with E-state index in [4.69, 9.17) is 21.4 Å². The van der Waals surface area contributed by atoms with Crippen molar-refractivity contribution in [2.75, 3.05) is 0 Å². The summed E-state index contributed by atoms with van der Waals surface area (Å²) in [6, 6.07) is 9.26. The van der Waals surface area contributed by atoms with Crippen LogP contribution in [0.3, 0.4) is 0 Å². The first-order valence-corrected chi connectivity index (χ1v) is 7.80. The van der Waals surface area contributed by atoms with Crippen molar-refractivity contribution < 1.29 is 19.6 Å². The number of nitro benzene ring substituents is 1. The van der Waals surface area contributed by atoms with Crippen molar-refractivity contribution in [1.29, 1.82) is 0 Å². The number of ether oxygens (including phenoxy) is 1. The second-order valence-electron chi connectivity index (χ2n) is 4.70. The molecule has 2 aromatic rings. The molecule has 6 nitrogen and oxygen atoms in total. The largest absolute Gasteiger partial charge is 0.486 e. The van der Waals surface area contributed by atoms with Crippen molar-refractivity contribution in [1.82, 2.24) is 0 Å². The summed E-state index contributed by atoms with van der Waals surface area (Å²) in [6.07, 6.45) is 2.43. The van der Waals surface area contributed by atoms with E-state index < -0.39 is 10.9 Å². The average Bonchev–Trinajstić information content (AvgIpc) is 2.52. The van der Waals surface area contributed by atoms with Crippen LogP contribution in [-0.2, 0) is 11.4 Å². The molecule has 0 unspecified atom stereocenters. The summed E-state index contributed by atoms with van der Waals surface area (Å²) in [4.78, 5) is 20.7. The Morgan fingerprint density at radius 3 is 2.54 bits per heavy atom. The number of nitrogens with zero attached hydrogens (tertiary/aromatic N) is 1. The lowest BCUT2D eigenvalue weighted by molar-refractivity contribution is -0.384. The first kappa shape index (κ1) is 18.0. The third-order valence-electron chi connectivity index (χ3n) is 2.97. The van der Waals surface area contributed by atoms with Crippen LogP contribution in [0.25, 0.3) is 6.08 Å². The summed E-state index contributed by atoms with van der Waals surface area (Å²) in [7, 11) is 0. The van der Waals surface area contributed by atoms with Crippen molar-refractivity contribution in [2.24, 2.45) is 0 Å². The highest BCUT2D eigenvalue weighted by molar-refractivity contribution is 9.10. The first-order valence-electron chi connectivity index (χ1n) is 6.63. The molecule has 8 heteroatoms. The van der Waals surface area contributed by atoms with Crippen molar-refractivity contribution in [3.63, 3.8) is 0 Å². The van der Waals surface area contributed by atoms with Gasteiger partial charge in [0, 0.05) is 18.2 Å². The quantitative estimate of drug-likeness (QED) is 0.422. The number of hydrogen-bond acceptors (Lipinski definition) is 4. The zero-order valence-corrected chi connectivity index (χ0v) is 14.5. The molecular formula is C16H11BrClNO5. The summed E-state index contributed by atoms with van der Waals surface area (Å²) >= 11 is 9.49. The molecule has 0 aliphatic heterocycles. The lowest BCUT2D eigenvalue weighted by Gasteiger charge is -2.11. The van der Waals surface area contributed by atoms with Gasteiger partial charge in [-0.25, -0.2) is 4.79 Å². The Bertz CT molecular complexity index is 782. The number of carbonyl (C=O) groups is 1. The smallest absolute Gasteiger partial charge is 0.328 e. The molecular weight excluding hydrogens is 402 g/mol. The van der Waals surface area contributed by atoms with Crippen LogP contribution in [0.1, 0.15) is 11.1 Å². The van der Waals surface area contributed by atoms with Gasteiger partial charge in [0.25, 0.3) is 5.69 Å². The maximum absolute atomic E-state index is 10.6. The fourth-order valence-electron chi connectivity index (χ4n) is 1.85. The molecule has 0 aliphatic carbocycles. The van der Waals surface area contributed by atoms with Crippen LogP contribution in [0.4, 0.5) is 5.69 Å². The van der Waals surface area contributed by atoms with Gasteiger partial charge in [-0.3, -0.25) is 10.1 Å². The van der Waals surface area contributed by atoms with Gasteiger partial charge in [0.15, 0.2) is 5.75 Å². The summed E-state index contributed by atoms with van der Waals surface area (Å²) in [6.45, 7) is 0.181. The fraction of sp³-hybridized carbons (Fsp3) is 0.0625. The van der Waals surface area contributed by atoms with E-state index >= 15 is 0 Å². The van der Waals surface area contributed by atoms with Gasteiger partial charge in [0.05, 0.1) is 14.4 Å².